The highest BCUT2D eigenvalue weighted by molar-refractivity contribution is 5.88. The lowest BCUT2D eigenvalue weighted by Gasteiger charge is -2.26. The number of nitriles is 1. The van der Waals surface area contributed by atoms with Gasteiger partial charge in [0, 0.05) is 19.5 Å². The Labute approximate surface area is 177 Å². The van der Waals surface area contributed by atoms with Crippen molar-refractivity contribution in [3.05, 3.63) is 35.9 Å². The smallest absolute Gasteiger partial charge is 0.311 e. The molecule has 30 heavy (non-hydrogen) atoms. The number of carbonyl (C=O) groups is 3. The second-order valence-electron chi connectivity index (χ2n) is 8.24. The van der Waals surface area contributed by atoms with E-state index in [1.54, 1.807) is 4.90 Å². The van der Waals surface area contributed by atoms with Crippen molar-refractivity contribution in [2.75, 3.05) is 19.7 Å². The Kier molecular flexibility index (Phi) is 7.45. The average Bonchev–Trinajstić information content (AvgIpc) is 2.97. The molecule has 1 aromatic carbocycles. The van der Waals surface area contributed by atoms with Crippen LogP contribution in [0, 0.1) is 17.2 Å². The summed E-state index contributed by atoms with van der Waals surface area (Å²) >= 11 is 0. The van der Waals surface area contributed by atoms with Crippen LogP contribution in [-0.4, -0.2) is 47.9 Å². The Morgan fingerprint density at radius 2 is 1.87 bits per heavy atom. The van der Waals surface area contributed by atoms with Crippen LogP contribution in [-0.2, 0) is 25.5 Å². The molecule has 1 N–H and O–H groups in total. The largest absolute Gasteiger partial charge is 0.455 e. The van der Waals surface area contributed by atoms with Gasteiger partial charge in [0.2, 0.25) is 5.91 Å². The number of rotatable bonds is 7. The minimum absolute atomic E-state index is 0.0702. The molecule has 1 aromatic rings. The van der Waals surface area contributed by atoms with Crippen LogP contribution in [0.15, 0.2) is 30.3 Å². The molecule has 0 radical (unpaired) electrons. The number of nitrogens with zero attached hydrogens (tertiary/aromatic N) is 2. The number of nitrogens with one attached hydrogen (secondary N) is 1. The van der Waals surface area contributed by atoms with Gasteiger partial charge in [-0.15, -0.1) is 0 Å². The minimum atomic E-state index is -0.864. The number of amides is 2. The second kappa shape index (κ2) is 10.2. The predicted molar refractivity (Wildman–Crippen MR) is 110 cm³/mol. The van der Waals surface area contributed by atoms with Gasteiger partial charge >= 0.3 is 5.97 Å². The van der Waals surface area contributed by atoms with Crippen LogP contribution in [0.4, 0.5) is 0 Å². The van der Waals surface area contributed by atoms with Crippen LogP contribution in [0.2, 0.25) is 0 Å². The zero-order valence-corrected chi connectivity index (χ0v) is 17.3. The van der Waals surface area contributed by atoms with Crippen LogP contribution in [0.1, 0.15) is 50.5 Å². The molecule has 1 saturated heterocycles. The topological polar surface area (TPSA) is 99.5 Å². The fourth-order valence-electron chi connectivity index (χ4n) is 4.21. The van der Waals surface area contributed by atoms with Gasteiger partial charge in [-0.1, -0.05) is 56.0 Å². The molecule has 2 aliphatic rings. The van der Waals surface area contributed by atoms with Crippen LogP contribution < -0.4 is 5.32 Å². The zero-order chi connectivity index (χ0) is 21.4. The van der Waals surface area contributed by atoms with Crippen molar-refractivity contribution in [1.82, 2.24) is 10.2 Å². The van der Waals surface area contributed by atoms with Gasteiger partial charge in [-0.25, -0.2) is 0 Å². The number of esters is 1. The molecule has 1 unspecified atom stereocenters. The molecular weight excluding hydrogens is 382 g/mol. The number of carbonyl (C=O) groups excluding carboxylic acids is 3. The first-order chi connectivity index (χ1) is 14.5. The summed E-state index contributed by atoms with van der Waals surface area (Å²) in [6.07, 6.45) is 6.00. The maximum absolute atomic E-state index is 12.4. The Balaban J connectivity index is 1.44. The van der Waals surface area contributed by atoms with Crippen LogP contribution >= 0.6 is 0 Å². The van der Waals surface area contributed by atoms with Crippen molar-refractivity contribution in [2.24, 2.45) is 5.92 Å². The fourth-order valence-corrected chi connectivity index (χ4v) is 4.21. The van der Waals surface area contributed by atoms with E-state index >= 15 is 0 Å². The SMILES string of the molecule is N#CC1(NC(=O)COC(=O)C2CC(=O)N(CCc3ccccc3)C2)CCCCCC1. The van der Waals surface area contributed by atoms with Gasteiger partial charge in [-0.3, -0.25) is 14.4 Å². The molecule has 1 saturated carbocycles. The quantitative estimate of drug-likeness (QED) is 0.548. The highest BCUT2D eigenvalue weighted by Crippen LogP contribution is 2.26. The summed E-state index contributed by atoms with van der Waals surface area (Å²) in [4.78, 5) is 38.5. The van der Waals surface area contributed by atoms with Gasteiger partial charge in [-0.05, 0) is 24.8 Å². The molecule has 3 rings (SSSR count). The molecule has 2 amide bonds. The van der Waals surface area contributed by atoms with Crippen molar-refractivity contribution >= 4 is 17.8 Å². The maximum atomic E-state index is 12.4. The molecule has 1 atom stereocenters. The average molecular weight is 412 g/mol. The zero-order valence-electron chi connectivity index (χ0n) is 17.3. The molecule has 0 bridgehead atoms. The molecule has 0 aromatic heterocycles. The van der Waals surface area contributed by atoms with E-state index in [0.29, 0.717) is 25.9 Å². The van der Waals surface area contributed by atoms with Gasteiger partial charge in [0.1, 0.15) is 5.54 Å². The summed E-state index contributed by atoms with van der Waals surface area (Å²) in [7, 11) is 0. The van der Waals surface area contributed by atoms with Gasteiger partial charge in [0.15, 0.2) is 6.61 Å². The first-order valence-electron chi connectivity index (χ1n) is 10.7. The number of hydrogen-bond donors (Lipinski definition) is 1. The third kappa shape index (κ3) is 5.82. The maximum Gasteiger partial charge on any atom is 0.311 e. The van der Waals surface area contributed by atoms with E-state index in [2.05, 4.69) is 11.4 Å². The molecule has 160 valence electrons. The molecule has 7 nitrogen and oxygen atoms in total. The molecule has 2 fully saturated rings. The van der Waals surface area contributed by atoms with E-state index in [-0.39, 0.29) is 12.3 Å². The third-order valence-electron chi connectivity index (χ3n) is 5.96. The van der Waals surface area contributed by atoms with Crippen molar-refractivity contribution < 1.29 is 19.1 Å². The first-order valence-corrected chi connectivity index (χ1v) is 10.7. The number of ether oxygens (including phenoxy) is 1. The van der Waals surface area contributed by atoms with Gasteiger partial charge in [0.25, 0.3) is 5.91 Å². The highest BCUT2D eigenvalue weighted by Gasteiger charge is 2.36. The van der Waals surface area contributed by atoms with Crippen molar-refractivity contribution in [3.8, 4) is 6.07 Å². The standard InChI is InChI=1S/C23H29N3O4/c24-17-23(11-6-1-2-7-12-23)25-20(27)16-30-22(29)19-14-21(28)26(15-19)13-10-18-8-4-3-5-9-18/h3-5,8-9,19H,1-2,6-7,10-16H2,(H,25,27). The van der Waals surface area contributed by atoms with E-state index < -0.39 is 29.9 Å². The Hall–Kier alpha value is -2.88. The van der Waals surface area contributed by atoms with E-state index in [1.165, 1.54) is 0 Å². The second-order valence-corrected chi connectivity index (χ2v) is 8.24. The highest BCUT2D eigenvalue weighted by atomic mass is 16.5. The summed E-state index contributed by atoms with van der Waals surface area (Å²) < 4.78 is 5.17. The normalized spacial score (nSPS) is 20.8. The summed E-state index contributed by atoms with van der Waals surface area (Å²) in [5.41, 5.74) is 0.273. The minimum Gasteiger partial charge on any atom is -0.455 e. The molecule has 7 heteroatoms. The van der Waals surface area contributed by atoms with E-state index in [1.807, 2.05) is 30.3 Å². The first kappa shape index (κ1) is 21.8. The monoisotopic (exact) mass is 411 g/mol. The summed E-state index contributed by atoms with van der Waals surface area (Å²) in [6.45, 7) is 0.447. The van der Waals surface area contributed by atoms with Crippen molar-refractivity contribution in [2.45, 2.75) is 56.9 Å². The predicted octanol–water partition coefficient (Wildman–Crippen LogP) is 2.35. The lowest BCUT2D eigenvalue weighted by atomic mass is 9.92. The van der Waals surface area contributed by atoms with Crippen molar-refractivity contribution in [3.63, 3.8) is 0 Å². The molecule has 1 aliphatic carbocycles. The van der Waals surface area contributed by atoms with E-state index in [0.717, 1.165) is 37.7 Å². The summed E-state index contributed by atoms with van der Waals surface area (Å²) in [5, 5.41) is 12.3. The third-order valence-corrected chi connectivity index (χ3v) is 5.96. The van der Waals surface area contributed by atoms with Crippen LogP contribution in [0.25, 0.3) is 0 Å². The Morgan fingerprint density at radius 1 is 1.17 bits per heavy atom. The molecule has 1 aliphatic heterocycles. The Morgan fingerprint density at radius 3 is 2.53 bits per heavy atom. The summed E-state index contributed by atoms with van der Waals surface area (Å²) in [6, 6.07) is 12.1. The van der Waals surface area contributed by atoms with E-state index in [9.17, 15) is 19.6 Å². The van der Waals surface area contributed by atoms with Gasteiger partial charge in [0.05, 0.1) is 12.0 Å². The molecule has 0 spiro atoms. The van der Waals surface area contributed by atoms with E-state index in [4.69, 9.17) is 4.74 Å². The van der Waals surface area contributed by atoms with Crippen molar-refractivity contribution in [1.29, 1.82) is 5.26 Å². The fraction of sp³-hybridized carbons (Fsp3) is 0.565. The van der Waals surface area contributed by atoms with Gasteiger partial charge < -0.3 is 15.0 Å². The number of hydrogen-bond acceptors (Lipinski definition) is 5. The van der Waals surface area contributed by atoms with Crippen LogP contribution in [0.3, 0.4) is 0 Å². The molecular formula is C23H29N3O4. The Bertz CT molecular complexity index is 794. The lowest BCUT2D eigenvalue weighted by Crippen LogP contribution is -2.48. The van der Waals surface area contributed by atoms with Crippen LogP contribution in [0.5, 0.6) is 0 Å². The number of benzene rings is 1. The number of likely N-dealkylation sites (tertiary alicyclic amines) is 1. The molecule has 1 heterocycles. The van der Waals surface area contributed by atoms with Gasteiger partial charge in [-0.2, -0.15) is 5.26 Å². The lowest BCUT2D eigenvalue weighted by molar-refractivity contribution is -0.152. The summed E-state index contributed by atoms with van der Waals surface area (Å²) in [5.74, 6) is -1.62.